The molecule has 0 spiro atoms. The third-order valence-corrected chi connectivity index (χ3v) is 3.51. The molecule has 4 aromatic rings. The van der Waals surface area contributed by atoms with Crippen molar-refractivity contribution < 1.29 is 4.74 Å². The lowest BCUT2D eigenvalue weighted by Gasteiger charge is -2.10. The van der Waals surface area contributed by atoms with Gasteiger partial charge in [0.25, 0.3) is 0 Å². The summed E-state index contributed by atoms with van der Waals surface area (Å²) in [5.74, 6) is 1.08. The van der Waals surface area contributed by atoms with Gasteiger partial charge in [-0.15, -0.1) is 27.7 Å². The van der Waals surface area contributed by atoms with Crippen LogP contribution >= 0.6 is 24.0 Å². The molecule has 0 aliphatic heterocycles. The average molecular weight is 360 g/mol. The van der Waals surface area contributed by atoms with Crippen LogP contribution in [0.4, 0.5) is 0 Å². The van der Waals surface area contributed by atoms with E-state index in [1.165, 1.54) is 4.52 Å². The molecule has 120 valence electrons. The highest BCUT2D eigenvalue weighted by molar-refractivity contribution is 6.28. The minimum Gasteiger partial charge on any atom is -0.437 e. The first-order valence-electron chi connectivity index (χ1n) is 6.86. The van der Waals surface area contributed by atoms with E-state index in [1.54, 1.807) is 24.5 Å². The molecule has 0 unspecified atom stereocenters. The highest BCUT2D eigenvalue weighted by atomic mass is 35.5. The lowest BCUT2D eigenvalue weighted by molar-refractivity contribution is 0.454. The molecular formula is C16H11Cl2N5O. The zero-order chi connectivity index (χ0) is 15.6. The molecule has 0 N–H and O–H groups in total. The topological polar surface area (TPSA) is 65.2 Å². The maximum Gasteiger partial charge on any atom is 0.246 e. The molecule has 24 heavy (non-hydrogen) atoms. The molecule has 6 nitrogen and oxygen atoms in total. The summed E-state index contributed by atoms with van der Waals surface area (Å²) in [6, 6.07) is 15.0. The summed E-state index contributed by atoms with van der Waals surface area (Å²) in [6.07, 6.45) is 3.52. The Kier molecular flexibility index (Phi) is 4.59. The molecule has 0 saturated heterocycles. The van der Waals surface area contributed by atoms with Crippen LogP contribution in [0.5, 0.6) is 11.6 Å². The van der Waals surface area contributed by atoms with E-state index in [2.05, 4.69) is 20.3 Å². The lowest BCUT2D eigenvalue weighted by Crippen LogP contribution is -1.96. The first-order valence-corrected chi connectivity index (χ1v) is 7.24. The van der Waals surface area contributed by atoms with Gasteiger partial charge in [-0.05, 0) is 29.8 Å². The number of hydrogen-bond donors (Lipinski definition) is 0. The number of nitrogens with zero attached hydrogens (tertiary/aromatic N) is 5. The van der Waals surface area contributed by atoms with Crippen molar-refractivity contribution in [3.8, 4) is 22.8 Å². The Labute approximate surface area is 148 Å². The summed E-state index contributed by atoms with van der Waals surface area (Å²) in [5, 5.41) is 12.1. The normalized spacial score (nSPS) is 10.4. The highest BCUT2D eigenvalue weighted by Crippen LogP contribution is 2.32. The third kappa shape index (κ3) is 3.02. The van der Waals surface area contributed by atoms with E-state index in [9.17, 15) is 0 Å². The van der Waals surface area contributed by atoms with Gasteiger partial charge in [-0.1, -0.05) is 24.3 Å². The van der Waals surface area contributed by atoms with E-state index in [4.69, 9.17) is 16.3 Å². The minimum atomic E-state index is 0. The maximum atomic E-state index is 5.94. The van der Waals surface area contributed by atoms with Crippen LogP contribution < -0.4 is 4.74 Å². The third-order valence-electron chi connectivity index (χ3n) is 3.27. The first kappa shape index (κ1) is 16.2. The fourth-order valence-corrected chi connectivity index (χ4v) is 2.39. The summed E-state index contributed by atoms with van der Waals surface area (Å²) in [4.78, 5) is 4.15. The Morgan fingerprint density at radius 2 is 1.83 bits per heavy atom. The molecule has 0 saturated carbocycles. The Balaban J connectivity index is 0.00000169. The van der Waals surface area contributed by atoms with Crippen molar-refractivity contribution in [3.63, 3.8) is 0 Å². The van der Waals surface area contributed by atoms with Gasteiger partial charge in [0.2, 0.25) is 11.2 Å². The van der Waals surface area contributed by atoms with E-state index in [0.717, 1.165) is 11.1 Å². The van der Waals surface area contributed by atoms with Gasteiger partial charge in [0.1, 0.15) is 5.75 Å². The lowest BCUT2D eigenvalue weighted by atomic mass is 10.1. The minimum absolute atomic E-state index is 0. The number of fused-ring (bicyclic) bond motifs is 1. The molecule has 0 atom stereocenters. The number of para-hydroxylation sites is 1. The van der Waals surface area contributed by atoms with Crippen LogP contribution in [-0.4, -0.2) is 24.8 Å². The maximum absolute atomic E-state index is 5.94. The predicted molar refractivity (Wildman–Crippen MR) is 92.8 cm³/mol. The Morgan fingerprint density at radius 1 is 0.958 bits per heavy atom. The van der Waals surface area contributed by atoms with Gasteiger partial charge >= 0.3 is 0 Å². The zero-order valence-corrected chi connectivity index (χ0v) is 13.8. The summed E-state index contributed by atoms with van der Waals surface area (Å²) in [6.45, 7) is 0. The van der Waals surface area contributed by atoms with Crippen molar-refractivity contribution in [2.24, 2.45) is 0 Å². The molecule has 0 aliphatic rings. The largest absolute Gasteiger partial charge is 0.437 e. The second-order valence-corrected chi connectivity index (χ2v) is 5.09. The molecule has 8 heteroatoms. The van der Waals surface area contributed by atoms with Crippen LogP contribution in [0.1, 0.15) is 0 Å². The monoisotopic (exact) mass is 359 g/mol. The van der Waals surface area contributed by atoms with Gasteiger partial charge in [-0.2, -0.15) is 4.52 Å². The predicted octanol–water partition coefficient (Wildman–Crippen LogP) is 4.05. The molecule has 0 amide bonds. The van der Waals surface area contributed by atoms with Gasteiger partial charge in [0.05, 0.1) is 0 Å². The molecule has 0 fully saturated rings. The standard InChI is InChI=1S/C16H10ClN5O.ClH/c17-16-20-19-14-7-8-15(21-22(14)16)23-13-6-2-1-5-12(13)11-4-3-9-18-10-11;/h1-10H;1H. The highest BCUT2D eigenvalue weighted by Gasteiger charge is 2.10. The summed E-state index contributed by atoms with van der Waals surface area (Å²) in [7, 11) is 0. The van der Waals surface area contributed by atoms with Gasteiger partial charge < -0.3 is 4.74 Å². The molecular weight excluding hydrogens is 349 g/mol. The van der Waals surface area contributed by atoms with E-state index >= 15 is 0 Å². The number of aromatic nitrogens is 5. The SMILES string of the molecule is Cl.Clc1nnc2ccc(Oc3ccccc3-c3cccnc3)nn12. The van der Waals surface area contributed by atoms with Crippen LogP contribution in [0.3, 0.4) is 0 Å². The van der Waals surface area contributed by atoms with Crippen molar-refractivity contribution in [2.75, 3.05) is 0 Å². The second-order valence-electron chi connectivity index (χ2n) is 4.75. The summed E-state index contributed by atoms with van der Waals surface area (Å²) >= 11 is 5.94. The van der Waals surface area contributed by atoms with Crippen molar-refractivity contribution in [1.82, 2.24) is 24.8 Å². The van der Waals surface area contributed by atoms with Gasteiger partial charge in [0.15, 0.2) is 5.65 Å². The van der Waals surface area contributed by atoms with E-state index in [-0.39, 0.29) is 17.7 Å². The number of halogens is 2. The number of pyridine rings is 1. The van der Waals surface area contributed by atoms with Gasteiger partial charge in [-0.3, -0.25) is 4.98 Å². The fraction of sp³-hybridized carbons (Fsp3) is 0. The van der Waals surface area contributed by atoms with E-state index < -0.39 is 0 Å². The van der Waals surface area contributed by atoms with Crippen LogP contribution in [-0.2, 0) is 0 Å². The summed E-state index contributed by atoms with van der Waals surface area (Å²) in [5.41, 5.74) is 2.45. The Hall–Kier alpha value is -2.70. The smallest absolute Gasteiger partial charge is 0.246 e. The van der Waals surface area contributed by atoms with Crippen molar-refractivity contribution in [2.45, 2.75) is 0 Å². The Morgan fingerprint density at radius 3 is 2.67 bits per heavy atom. The van der Waals surface area contributed by atoms with Gasteiger partial charge in [-0.25, -0.2) is 0 Å². The van der Waals surface area contributed by atoms with Crippen molar-refractivity contribution in [1.29, 1.82) is 0 Å². The first-order chi connectivity index (χ1) is 11.3. The molecule has 4 rings (SSSR count). The second kappa shape index (κ2) is 6.82. The average Bonchev–Trinajstić information content (AvgIpc) is 2.97. The van der Waals surface area contributed by atoms with Crippen LogP contribution in [0, 0.1) is 0 Å². The quantitative estimate of drug-likeness (QED) is 0.551. The molecule has 3 heterocycles. The molecule has 3 aromatic heterocycles. The van der Waals surface area contributed by atoms with E-state index in [1.807, 2.05) is 36.4 Å². The number of ether oxygens (including phenoxy) is 1. The van der Waals surface area contributed by atoms with E-state index in [0.29, 0.717) is 17.3 Å². The summed E-state index contributed by atoms with van der Waals surface area (Å²) < 4.78 is 7.34. The zero-order valence-electron chi connectivity index (χ0n) is 12.2. The number of rotatable bonds is 3. The van der Waals surface area contributed by atoms with Crippen LogP contribution in [0.15, 0.2) is 60.9 Å². The Bertz CT molecular complexity index is 975. The van der Waals surface area contributed by atoms with Crippen LogP contribution in [0.2, 0.25) is 5.28 Å². The van der Waals surface area contributed by atoms with Crippen molar-refractivity contribution in [3.05, 3.63) is 66.2 Å². The van der Waals surface area contributed by atoms with Crippen molar-refractivity contribution >= 4 is 29.7 Å². The number of hydrogen-bond acceptors (Lipinski definition) is 5. The number of benzene rings is 1. The molecule has 0 aliphatic carbocycles. The molecule has 1 aromatic carbocycles. The molecule has 0 bridgehead atoms. The molecule has 0 radical (unpaired) electrons. The fourth-order valence-electron chi connectivity index (χ4n) is 2.23. The van der Waals surface area contributed by atoms with Crippen LogP contribution in [0.25, 0.3) is 16.8 Å². The van der Waals surface area contributed by atoms with Gasteiger partial charge in [0, 0.05) is 29.6 Å².